The predicted octanol–water partition coefficient (Wildman–Crippen LogP) is 3.88. The lowest BCUT2D eigenvalue weighted by Crippen LogP contribution is -2.56. The number of nitrogens with one attached hydrogen (secondary N) is 1. The minimum absolute atomic E-state index is 0.145. The minimum Gasteiger partial charge on any atom is -0.480 e. The van der Waals surface area contributed by atoms with Crippen molar-refractivity contribution in [1.82, 2.24) is 5.43 Å². The van der Waals surface area contributed by atoms with Crippen LogP contribution in [0.1, 0.15) is 18.1 Å². The van der Waals surface area contributed by atoms with E-state index in [1.54, 1.807) is 5.43 Å². The highest BCUT2D eigenvalue weighted by Gasteiger charge is 2.37. The molecule has 0 spiro atoms. The Morgan fingerprint density at radius 2 is 1.39 bits per heavy atom. The van der Waals surface area contributed by atoms with E-state index in [-0.39, 0.29) is 5.01 Å². The third-order valence-corrected chi connectivity index (χ3v) is 4.51. The summed E-state index contributed by atoms with van der Waals surface area (Å²) >= 11 is 0. The number of benzene rings is 2. The van der Waals surface area contributed by atoms with Crippen LogP contribution in [0.15, 0.2) is 24.3 Å². The smallest absolute Gasteiger partial charge is 0.416 e. The molecule has 0 amide bonds. The molecule has 0 saturated heterocycles. The number of alkyl halides is 3. The van der Waals surface area contributed by atoms with Gasteiger partial charge in [-0.1, -0.05) is 18.2 Å². The Kier molecular flexibility index (Phi) is 7.52. The van der Waals surface area contributed by atoms with E-state index >= 15 is 0 Å². The van der Waals surface area contributed by atoms with Gasteiger partial charge in [0.25, 0.3) is 0 Å². The topological polar surface area (TPSA) is 89.9 Å². The van der Waals surface area contributed by atoms with Crippen LogP contribution in [0.2, 0.25) is 0 Å². The van der Waals surface area contributed by atoms with Gasteiger partial charge in [-0.3, -0.25) is 9.80 Å². The maximum atomic E-state index is 14.3. The Hall–Kier alpha value is -3.42. The van der Waals surface area contributed by atoms with E-state index in [0.29, 0.717) is 6.07 Å². The first-order valence-corrected chi connectivity index (χ1v) is 8.86. The number of anilines is 1. The molecule has 33 heavy (non-hydrogen) atoms. The highest BCUT2D eigenvalue weighted by molar-refractivity contribution is 5.79. The fourth-order valence-electron chi connectivity index (χ4n) is 2.84. The molecule has 0 fully saturated rings. The molecule has 2 aromatic rings. The largest absolute Gasteiger partial charge is 0.480 e. The molecule has 0 aliphatic heterocycles. The highest BCUT2D eigenvalue weighted by atomic mass is 19.4. The number of aliphatic carboxylic acids is 2. The third-order valence-electron chi connectivity index (χ3n) is 4.51. The molecule has 0 bridgehead atoms. The number of hydrogen-bond acceptors (Lipinski definition) is 4. The molecule has 6 nitrogen and oxygen atoms in total. The summed E-state index contributed by atoms with van der Waals surface area (Å²) in [6, 6.07) is -0.600. The molecule has 2 atom stereocenters. The molecule has 0 saturated carbocycles. The van der Waals surface area contributed by atoms with Gasteiger partial charge in [0, 0.05) is 6.42 Å². The van der Waals surface area contributed by atoms with Crippen molar-refractivity contribution in [1.29, 1.82) is 0 Å². The van der Waals surface area contributed by atoms with Crippen LogP contribution in [0, 0.1) is 29.1 Å². The van der Waals surface area contributed by atoms with Gasteiger partial charge in [-0.25, -0.2) is 32.2 Å². The number of carboxylic acid groups (broad SMARTS) is 2. The molecule has 2 aromatic carbocycles. The summed E-state index contributed by atoms with van der Waals surface area (Å²) < 4.78 is 109. The zero-order chi connectivity index (χ0) is 25.2. The molecular weight excluding hydrogens is 472 g/mol. The number of hydrazine groups is 1. The third kappa shape index (κ3) is 5.32. The summed E-state index contributed by atoms with van der Waals surface area (Å²) in [5.41, 5.74) is -1.87. The maximum Gasteiger partial charge on any atom is 0.416 e. The zero-order valence-electron chi connectivity index (χ0n) is 16.4. The first-order chi connectivity index (χ1) is 15.2. The SMILES string of the molecule is C[C@@H](C(=O)O)N(N[C@@H](Cc1ccccc1C(F)(F)F)C(=O)O)c1c(F)c(F)c(F)c(F)c1F. The van der Waals surface area contributed by atoms with Gasteiger partial charge in [-0.15, -0.1) is 0 Å². The normalized spacial score (nSPS) is 13.5. The van der Waals surface area contributed by atoms with Crippen molar-refractivity contribution in [2.24, 2.45) is 0 Å². The van der Waals surface area contributed by atoms with Crippen molar-refractivity contribution in [2.75, 3.05) is 5.01 Å². The second-order valence-electron chi connectivity index (χ2n) is 6.68. The molecule has 3 N–H and O–H groups in total. The lowest BCUT2D eigenvalue weighted by Gasteiger charge is -2.32. The van der Waals surface area contributed by atoms with Crippen LogP contribution in [0.25, 0.3) is 0 Å². The van der Waals surface area contributed by atoms with Crippen LogP contribution in [-0.2, 0) is 22.2 Å². The summed E-state index contributed by atoms with van der Waals surface area (Å²) in [6.45, 7) is 0.718. The van der Waals surface area contributed by atoms with E-state index in [2.05, 4.69) is 0 Å². The van der Waals surface area contributed by atoms with E-state index in [0.717, 1.165) is 25.1 Å². The number of nitrogens with zero attached hydrogens (tertiary/aromatic N) is 1. The number of hydrogen-bond donors (Lipinski definition) is 3. The van der Waals surface area contributed by atoms with E-state index in [1.807, 2.05) is 0 Å². The van der Waals surface area contributed by atoms with Crippen molar-refractivity contribution >= 4 is 17.6 Å². The summed E-state index contributed by atoms with van der Waals surface area (Å²) in [7, 11) is 0. The molecule has 0 aromatic heterocycles. The van der Waals surface area contributed by atoms with Crippen LogP contribution in [0.4, 0.5) is 40.8 Å². The summed E-state index contributed by atoms with van der Waals surface area (Å²) in [5, 5.41) is 18.5. The summed E-state index contributed by atoms with van der Waals surface area (Å²) in [4.78, 5) is 23.1. The quantitative estimate of drug-likeness (QED) is 0.227. The average Bonchev–Trinajstić information content (AvgIpc) is 2.73. The maximum absolute atomic E-state index is 14.3. The molecule has 0 unspecified atom stereocenters. The summed E-state index contributed by atoms with van der Waals surface area (Å²) in [6.07, 6.45) is -5.90. The second-order valence-corrected chi connectivity index (χ2v) is 6.68. The Labute approximate surface area is 180 Å². The first-order valence-electron chi connectivity index (χ1n) is 8.86. The number of carbonyl (C=O) groups is 2. The molecular formula is C19H14F8N2O4. The number of halogens is 8. The fourth-order valence-corrected chi connectivity index (χ4v) is 2.84. The fraction of sp³-hybridized carbons (Fsp3) is 0.263. The van der Waals surface area contributed by atoms with Gasteiger partial charge in [0.1, 0.15) is 17.8 Å². The number of rotatable bonds is 8. The molecule has 14 heteroatoms. The van der Waals surface area contributed by atoms with Crippen molar-refractivity contribution < 1.29 is 54.9 Å². The van der Waals surface area contributed by atoms with Crippen molar-refractivity contribution in [2.45, 2.75) is 31.6 Å². The van der Waals surface area contributed by atoms with E-state index < -0.39 is 82.5 Å². The van der Waals surface area contributed by atoms with Gasteiger partial charge in [0.2, 0.25) is 5.82 Å². The lowest BCUT2D eigenvalue weighted by molar-refractivity contribution is -0.142. The molecule has 0 heterocycles. The predicted molar refractivity (Wildman–Crippen MR) is 95.5 cm³/mol. The van der Waals surface area contributed by atoms with Crippen LogP contribution in [-0.4, -0.2) is 34.2 Å². The molecule has 0 radical (unpaired) electrons. The first kappa shape index (κ1) is 25.8. The van der Waals surface area contributed by atoms with E-state index in [9.17, 15) is 54.9 Å². The Morgan fingerprint density at radius 1 is 0.909 bits per heavy atom. The van der Waals surface area contributed by atoms with Gasteiger partial charge < -0.3 is 10.2 Å². The van der Waals surface area contributed by atoms with Gasteiger partial charge in [0.15, 0.2) is 23.3 Å². The molecule has 2 rings (SSSR count). The van der Waals surface area contributed by atoms with Gasteiger partial charge in [-0.05, 0) is 18.6 Å². The van der Waals surface area contributed by atoms with Crippen LogP contribution in [0.3, 0.4) is 0 Å². The highest BCUT2D eigenvalue weighted by Crippen LogP contribution is 2.33. The average molecular weight is 486 g/mol. The Balaban J connectivity index is 2.60. The van der Waals surface area contributed by atoms with Crippen molar-refractivity contribution in [3.63, 3.8) is 0 Å². The van der Waals surface area contributed by atoms with E-state index in [4.69, 9.17) is 0 Å². The lowest BCUT2D eigenvalue weighted by atomic mass is 10.00. The second kappa shape index (κ2) is 9.60. The Bertz CT molecular complexity index is 1050. The van der Waals surface area contributed by atoms with Crippen molar-refractivity contribution in [3.8, 4) is 0 Å². The van der Waals surface area contributed by atoms with E-state index in [1.165, 1.54) is 0 Å². The van der Waals surface area contributed by atoms with Crippen LogP contribution < -0.4 is 10.4 Å². The monoisotopic (exact) mass is 486 g/mol. The summed E-state index contributed by atoms with van der Waals surface area (Å²) in [5.74, 6) is -16.2. The standard InChI is InChI=1S/C19H14F8N2O4/c1-7(17(30)31)29(16-14(23)12(21)11(20)13(22)15(16)24)28-10(18(32)33)6-8-4-2-3-5-9(8)19(25,26)27/h2-5,7,10,28H,6H2,1H3,(H,30,31)(H,32,33)/t7-,10-/m0/s1. The Morgan fingerprint density at radius 3 is 1.85 bits per heavy atom. The van der Waals surface area contributed by atoms with Gasteiger partial charge in [-0.2, -0.15) is 13.2 Å². The molecule has 0 aliphatic rings. The number of carboxylic acids is 2. The molecule has 0 aliphatic carbocycles. The molecule has 180 valence electrons. The van der Waals surface area contributed by atoms with Crippen molar-refractivity contribution in [3.05, 3.63) is 64.5 Å². The van der Waals surface area contributed by atoms with Crippen LogP contribution in [0.5, 0.6) is 0 Å². The van der Waals surface area contributed by atoms with Gasteiger partial charge >= 0.3 is 18.1 Å². The van der Waals surface area contributed by atoms with Gasteiger partial charge in [0.05, 0.1) is 5.56 Å². The van der Waals surface area contributed by atoms with Crippen LogP contribution >= 0.6 is 0 Å². The minimum atomic E-state index is -4.91. The zero-order valence-corrected chi connectivity index (χ0v) is 16.4.